The molecule has 0 spiro atoms. The molecule has 1 fully saturated rings. The van der Waals surface area contributed by atoms with Crippen molar-refractivity contribution < 1.29 is 14.0 Å². The highest BCUT2D eigenvalue weighted by Gasteiger charge is 2.30. The van der Waals surface area contributed by atoms with Gasteiger partial charge in [0.1, 0.15) is 5.82 Å². The molecule has 188 valence electrons. The Balaban J connectivity index is 1.74. The molecule has 3 aromatic rings. The second-order valence-electron chi connectivity index (χ2n) is 8.62. The summed E-state index contributed by atoms with van der Waals surface area (Å²) in [7, 11) is 1.61. The fraction of sp³-hybridized carbons (Fsp3) is 0.259. The lowest BCUT2D eigenvalue weighted by molar-refractivity contribution is 0.0952. The summed E-state index contributed by atoms with van der Waals surface area (Å²) < 4.78 is 15.0. The summed E-state index contributed by atoms with van der Waals surface area (Å²) in [5.41, 5.74) is 3.32. The molecule has 0 aliphatic carbocycles. The third-order valence-electron chi connectivity index (χ3n) is 6.07. The standard InChI is InChI=1S/C27H25Cl2FIN3O2/c1-3-11-32-26(35)17-7-9-20(28)19(12-17)16-8-10-23(24(13-16)34-14-18(31)15-34)33(2)27(36)25-21(29)5-4-6-22(25)30/h4-10,12-13,18H,3,11,14-15H2,1-2H3,(H,32,35). The van der Waals surface area contributed by atoms with Gasteiger partial charge in [-0.3, -0.25) is 9.59 Å². The van der Waals surface area contributed by atoms with Gasteiger partial charge in [-0.25, -0.2) is 4.39 Å². The summed E-state index contributed by atoms with van der Waals surface area (Å²) in [6.45, 7) is 4.21. The molecule has 1 aliphatic rings. The minimum atomic E-state index is -0.668. The molecule has 0 radical (unpaired) electrons. The molecule has 1 aliphatic heterocycles. The Morgan fingerprint density at radius 1 is 1.11 bits per heavy atom. The van der Waals surface area contributed by atoms with E-state index in [1.54, 1.807) is 25.2 Å². The summed E-state index contributed by atoms with van der Waals surface area (Å²) in [5, 5.41) is 3.46. The maximum absolute atomic E-state index is 14.5. The van der Waals surface area contributed by atoms with Crippen LogP contribution in [-0.4, -0.2) is 42.4 Å². The molecule has 0 aromatic heterocycles. The van der Waals surface area contributed by atoms with Crippen molar-refractivity contribution in [1.29, 1.82) is 0 Å². The molecule has 0 bridgehead atoms. The molecule has 1 saturated heterocycles. The van der Waals surface area contributed by atoms with Crippen LogP contribution in [-0.2, 0) is 0 Å². The zero-order valence-electron chi connectivity index (χ0n) is 19.8. The maximum Gasteiger partial charge on any atom is 0.262 e. The SMILES string of the molecule is CCCNC(=O)c1ccc(Cl)c(-c2ccc(N(C)C(=O)c3c(F)cccc3Cl)c(N3CC(I)C3)c2)c1. The Kier molecular flexibility index (Phi) is 8.42. The van der Waals surface area contributed by atoms with Crippen LogP contribution in [0.4, 0.5) is 15.8 Å². The van der Waals surface area contributed by atoms with E-state index in [1.165, 1.54) is 23.1 Å². The van der Waals surface area contributed by atoms with Crippen LogP contribution in [0.25, 0.3) is 11.1 Å². The number of anilines is 2. The lowest BCUT2D eigenvalue weighted by Gasteiger charge is -2.40. The number of amides is 2. The average Bonchev–Trinajstić information content (AvgIpc) is 2.84. The number of carbonyl (C=O) groups excluding carboxylic acids is 2. The van der Waals surface area contributed by atoms with Crippen molar-refractivity contribution in [3.63, 3.8) is 0 Å². The Bertz CT molecular complexity index is 1290. The first-order chi connectivity index (χ1) is 17.2. The molecule has 0 unspecified atom stereocenters. The summed E-state index contributed by atoms with van der Waals surface area (Å²) in [6, 6.07) is 15.0. The predicted molar refractivity (Wildman–Crippen MR) is 154 cm³/mol. The fourth-order valence-electron chi connectivity index (χ4n) is 4.06. The van der Waals surface area contributed by atoms with E-state index in [1.807, 2.05) is 25.1 Å². The van der Waals surface area contributed by atoms with Crippen molar-refractivity contribution in [2.45, 2.75) is 17.3 Å². The first-order valence-corrected chi connectivity index (χ1v) is 13.5. The van der Waals surface area contributed by atoms with Crippen LogP contribution in [0.5, 0.6) is 0 Å². The second kappa shape index (κ2) is 11.4. The van der Waals surface area contributed by atoms with Crippen LogP contribution in [0, 0.1) is 5.82 Å². The lowest BCUT2D eigenvalue weighted by Crippen LogP contribution is -2.48. The molecule has 9 heteroatoms. The Morgan fingerprint density at radius 2 is 1.86 bits per heavy atom. The van der Waals surface area contributed by atoms with E-state index in [2.05, 4.69) is 32.8 Å². The van der Waals surface area contributed by atoms with E-state index in [0.717, 1.165) is 30.8 Å². The van der Waals surface area contributed by atoms with Gasteiger partial charge in [-0.05, 0) is 54.4 Å². The van der Waals surface area contributed by atoms with Crippen molar-refractivity contribution in [1.82, 2.24) is 5.32 Å². The predicted octanol–water partition coefficient (Wildman–Crippen LogP) is 6.84. The van der Waals surface area contributed by atoms with Gasteiger partial charge in [0.05, 0.1) is 22.0 Å². The molecule has 36 heavy (non-hydrogen) atoms. The van der Waals surface area contributed by atoms with Crippen molar-refractivity contribution in [2.24, 2.45) is 0 Å². The second-order valence-corrected chi connectivity index (χ2v) is 11.2. The third kappa shape index (κ3) is 5.48. The average molecular weight is 640 g/mol. The van der Waals surface area contributed by atoms with Crippen LogP contribution >= 0.6 is 45.8 Å². The van der Waals surface area contributed by atoms with E-state index in [-0.39, 0.29) is 16.5 Å². The van der Waals surface area contributed by atoms with E-state index in [9.17, 15) is 14.0 Å². The quantitative estimate of drug-likeness (QED) is 0.228. The molecule has 2 amide bonds. The molecular weight excluding hydrogens is 615 g/mol. The van der Waals surface area contributed by atoms with Gasteiger partial charge in [0.25, 0.3) is 11.8 Å². The first-order valence-electron chi connectivity index (χ1n) is 11.5. The van der Waals surface area contributed by atoms with E-state index >= 15 is 0 Å². The largest absolute Gasteiger partial charge is 0.368 e. The van der Waals surface area contributed by atoms with Crippen LogP contribution in [0.2, 0.25) is 10.0 Å². The van der Waals surface area contributed by atoms with Gasteiger partial charge in [-0.2, -0.15) is 0 Å². The van der Waals surface area contributed by atoms with Gasteiger partial charge in [0.2, 0.25) is 0 Å². The normalized spacial score (nSPS) is 13.3. The summed E-state index contributed by atoms with van der Waals surface area (Å²) in [5.74, 6) is -1.36. The van der Waals surface area contributed by atoms with Gasteiger partial charge in [-0.15, -0.1) is 0 Å². The number of halogens is 4. The first kappa shape index (κ1) is 26.7. The van der Waals surface area contributed by atoms with Gasteiger partial charge in [0.15, 0.2) is 0 Å². The molecule has 1 N–H and O–H groups in total. The number of hydrogen-bond acceptors (Lipinski definition) is 3. The molecular formula is C27H25Cl2FIN3O2. The van der Waals surface area contributed by atoms with E-state index < -0.39 is 11.7 Å². The zero-order chi connectivity index (χ0) is 26.0. The monoisotopic (exact) mass is 639 g/mol. The van der Waals surface area contributed by atoms with Crippen LogP contribution in [0.15, 0.2) is 54.6 Å². The molecule has 5 nitrogen and oxygen atoms in total. The number of alkyl halides is 1. The highest BCUT2D eigenvalue weighted by atomic mass is 127. The summed E-state index contributed by atoms with van der Waals surface area (Å²) in [6.07, 6.45) is 0.842. The van der Waals surface area contributed by atoms with Crippen molar-refractivity contribution in [3.05, 3.63) is 81.6 Å². The molecule has 3 aromatic carbocycles. The molecule has 0 atom stereocenters. The Labute approximate surface area is 233 Å². The van der Waals surface area contributed by atoms with E-state index in [0.29, 0.717) is 32.3 Å². The lowest BCUT2D eigenvalue weighted by atomic mass is 9.99. The Morgan fingerprint density at radius 3 is 2.53 bits per heavy atom. The van der Waals surface area contributed by atoms with Crippen LogP contribution in [0.3, 0.4) is 0 Å². The Hall–Kier alpha value is -2.36. The van der Waals surface area contributed by atoms with Crippen LogP contribution in [0.1, 0.15) is 34.1 Å². The van der Waals surface area contributed by atoms with Crippen molar-refractivity contribution in [2.75, 3.05) is 36.5 Å². The summed E-state index contributed by atoms with van der Waals surface area (Å²) in [4.78, 5) is 29.4. The number of carbonyl (C=O) groups is 2. The number of nitrogens with zero attached hydrogens (tertiary/aromatic N) is 2. The minimum Gasteiger partial charge on any atom is -0.368 e. The molecule has 1 heterocycles. The van der Waals surface area contributed by atoms with Crippen molar-refractivity contribution >= 4 is 69.0 Å². The zero-order valence-corrected chi connectivity index (χ0v) is 23.5. The van der Waals surface area contributed by atoms with E-state index in [4.69, 9.17) is 23.2 Å². The smallest absolute Gasteiger partial charge is 0.262 e. The molecule has 4 rings (SSSR count). The van der Waals surface area contributed by atoms with Crippen LogP contribution < -0.4 is 15.1 Å². The van der Waals surface area contributed by atoms with Gasteiger partial charge >= 0.3 is 0 Å². The highest BCUT2D eigenvalue weighted by Crippen LogP contribution is 2.40. The van der Waals surface area contributed by atoms with Gasteiger partial charge in [0, 0.05) is 46.8 Å². The number of hydrogen-bond donors (Lipinski definition) is 1. The number of benzene rings is 3. The highest BCUT2D eigenvalue weighted by molar-refractivity contribution is 14.1. The van der Waals surface area contributed by atoms with Gasteiger partial charge < -0.3 is 15.1 Å². The number of nitrogens with one attached hydrogen (secondary N) is 1. The minimum absolute atomic E-state index is 0.0613. The van der Waals surface area contributed by atoms with Gasteiger partial charge in [-0.1, -0.05) is 64.8 Å². The summed E-state index contributed by atoms with van der Waals surface area (Å²) >= 11 is 15.1. The number of rotatable bonds is 7. The maximum atomic E-state index is 14.5. The topological polar surface area (TPSA) is 52.7 Å². The van der Waals surface area contributed by atoms with Crippen molar-refractivity contribution in [3.8, 4) is 11.1 Å². The molecule has 0 saturated carbocycles. The fourth-order valence-corrected chi connectivity index (χ4v) is 5.48. The third-order valence-corrected chi connectivity index (χ3v) is 7.50.